The van der Waals surface area contributed by atoms with Gasteiger partial charge in [0.2, 0.25) is 0 Å². The molecule has 0 aliphatic rings. The van der Waals surface area contributed by atoms with Gasteiger partial charge < -0.3 is 0 Å². The molecular formula is C12H17N5OS. The predicted octanol–water partition coefficient (Wildman–Crippen LogP) is 1.84. The van der Waals surface area contributed by atoms with Crippen molar-refractivity contribution < 1.29 is 0 Å². The van der Waals surface area contributed by atoms with Gasteiger partial charge in [0.15, 0.2) is 10.6 Å². The highest BCUT2D eigenvalue weighted by molar-refractivity contribution is 7.71. The van der Waals surface area contributed by atoms with Crippen LogP contribution in [0.2, 0.25) is 0 Å². The molecule has 2 heterocycles. The normalized spacial score (nSPS) is 11.2. The van der Waals surface area contributed by atoms with E-state index in [2.05, 4.69) is 15.3 Å². The molecule has 0 saturated heterocycles. The maximum atomic E-state index is 11.7. The fourth-order valence-electron chi connectivity index (χ4n) is 1.85. The third kappa shape index (κ3) is 2.81. The Kier molecular flexibility index (Phi) is 3.94. The summed E-state index contributed by atoms with van der Waals surface area (Å²) in [4.78, 5) is 11.7. The lowest BCUT2D eigenvalue weighted by atomic mass is 10.2. The van der Waals surface area contributed by atoms with Crippen molar-refractivity contribution >= 4 is 12.2 Å². The van der Waals surface area contributed by atoms with E-state index in [-0.39, 0.29) is 5.56 Å². The van der Waals surface area contributed by atoms with Crippen molar-refractivity contribution in [3.63, 3.8) is 0 Å². The van der Waals surface area contributed by atoms with Crippen molar-refractivity contribution in [3.8, 4) is 11.5 Å². The van der Waals surface area contributed by atoms with E-state index in [9.17, 15) is 4.79 Å². The second-order valence-corrected chi connectivity index (χ2v) is 5.12. The third-order valence-corrected chi connectivity index (χ3v) is 3.02. The molecule has 0 unspecified atom stereocenters. The van der Waals surface area contributed by atoms with E-state index in [0.29, 0.717) is 35.3 Å². The number of nitrogens with zero attached hydrogens (tertiary/aromatic N) is 4. The molecule has 0 bridgehead atoms. The van der Waals surface area contributed by atoms with Crippen LogP contribution in [0.3, 0.4) is 0 Å². The minimum absolute atomic E-state index is 0.102. The molecule has 0 amide bonds. The quantitative estimate of drug-likeness (QED) is 0.867. The number of nitrogens with one attached hydrogen (secondary N) is 1. The lowest BCUT2D eigenvalue weighted by molar-refractivity contribution is 0.464. The van der Waals surface area contributed by atoms with Crippen molar-refractivity contribution in [2.24, 2.45) is 5.92 Å². The minimum atomic E-state index is -0.102. The first kappa shape index (κ1) is 13.7. The van der Waals surface area contributed by atoms with Crippen LogP contribution < -0.4 is 5.56 Å². The molecule has 2 rings (SSSR count). The lowest BCUT2D eigenvalue weighted by Gasteiger charge is -2.09. The zero-order chi connectivity index (χ0) is 14.0. The van der Waals surface area contributed by atoms with Gasteiger partial charge in [-0.25, -0.2) is 4.68 Å². The summed E-state index contributed by atoms with van der Waals surface area (Å²) >= 11 is 5.15. The van der Waals surface area contributed by atoms with E-state index in [1.54, 1.807) is 6.07 Å². The summed E-state index contributed by atoms with van der Waals surface area (Å²) in [5.74, 6) is 1.01. The molecule has 2 aromatic rings. The Morgan fingerprint density at radius 1 is 1.42 bits per heavy atom. The van der Waals surface area contributed by atoms with Crippen LogP contribution in [-0.4, -0.2) is 24.5 Å². The van der Waals surface area contributed by atoms with Crippen molar-refractivity contribution in [1.29, 1.82) is 0 Å². The van der Waals surface area contributed by atoms with Crippen LogP contribution in [0.5, 0.6) is 0 Å². The number of aromatic amines is 1. The highest BCUT2D eigenvalue weighted by Gasteiger charge is 2.11. The van der Waals surface area contributed by atoms with Gasteiger partial charge in [-0.15, -0.1) is 0 Å². The minimum Gasteiger partial charge on any atom is -0.299 e. The molecule has 0 spiro atoms. The number of aromatic nitrogens is 5. The van der Waals surface area contributed by atoms with E-state index in [4.69, 9.17) is 12.2 Å². The Hall–Kier alpha value is -1.76. The first-order chi connectivity index (χ1) is 9.02. The Labute approximate surface area is 116 Å². The summed E-state index contributed by atoms with van der Waals surface area (Å²) in [6.07, 6.45) is 0. The highest BCUT2D eigenvalue weighted by Crippen LogP contribution is 2.13. The monoisotopic (exact) mass is 279 g/mol. The number of H-pyrrole nitrogens is 1. The maximum absolute atomic E-state index is 11.7. The number of hydrogen-bond acceptors (Lipinski definition) is 4. The molecule has 102 valence electrons. The molecule has 0 atom stereocenters. The van der Waals surface area contributed by atoms with Crippen LogP contribution in [-0.2, 0) is 13.1 Å². The smallest absolute Gasteiger partial charge is 0.266 e. The van der Waals surface area contributed by atoms with E-state index in [1.165, 1.54) is 10.7 Å². The van der Waals surface area contributed by atoms with E-state index < -0.39 is 0 Å². The van der Waals surface area contributed by atoms with Crippen LogP contribution in [0.1, 0.15) is 20.8 Å². The third-order valence-electron chi connectivity index (χ3n) is 2.71. The maximum Gasteiger partial charge on any atom is 0.266 e. The van der Waals surface area contributed by atoms with Crippen LogP contribution >= 0.6 is 12.2 Å². The Morgan fingerprint density at radius 3 is 2.79 bits per heavy atom. The largest absolute Gasteiger partial charge is 0.299 e. The molecule has 2 aromatic heterocycles. The Bertz CT molecular complexity index is 682. The van der Waals surface area contributed by atoms with Gasteiger partial charge in [-0.2, -0.15) is 10.2 Å². The Balaban J connectivity index is 2.51. The zero-order valence-electron chi connectivity index (χ0n) is 11.3. The van der Waals surface area contributed by atoms with Gasteiger partial charge in [-0.05, 0) is 31.1 Å². The lowest BCUT2D eigenvalue weighted by Crippen LogP contribution is -2.24. The molecule has 7 heteroatoms. The summed E-state index contributed by atoms with van der Waals surface area (Å²) in [6, 6.07) is 3.19. The average molecular weight is 279 g/mol. The number of rotatable bonds is 4. The van der Waals surface area contributed by atoms with Crippen molar-refractivity contribution in [1.82, 2.24) is 24.5 Å². The molecule has 19 heavy (non-hydrogen) atoms. The second kappa shape index (κ2) is 5.48. The molecule has 1 N–H and O–H groups in total. The fraction of sp³-hybridized carbons (Fsp3) is 0.500. The molecule has 0 aliphatic heterocycles. The molecule has 0 radical (unpaired) electrons. The molecule has 0 aliphatic carbocycles. The van der Waals surface area contributed by atoms with Crippen molar-refractivity contribution in [3.05, 3.63) is 27.3 Å². The summed E-state index contributed by atoms with van der Waals surface area (Å²) in [5, 5.41) is 11.3. The van der Waals surface area contributed by atoms with Crippen molar-refractivity contribution in [2.75, 3.05) is 0 Å². The molecule has 0 fully saturated rings. The van der Waals surface area contributed by atoms with Gasteiger partial charge >= 0.3 is 0 Å². The zero-order valence-corrected chi connectivity index (χ0v) is 12.1. The second-order valence-electron chi connectivity index (χ2n) is 4.73. The van der Waals surface area contributed by atoms with Crippen LogP contribution in [0, 0.1) is 10.7 Å². The highest BCUT2D eigenvalue weighted by atomic mass is 32.1. The molecule has 0 aromatic carbocycles. The molecule has 0 saturated carbocycles. The molecule has 6 nitrogen and oxygen atoms in total. The average Bonchev–Trinajstić information content (AvgIpc) is 2.72. The van der Waals surface area contributed by atoms with E-state index in [1.807, 2.05) is 25.3 Å². The summed E-state index contributed by atoms with van der Waals surface area (Å²) in [6.45, 7) is 7.37. The van der Waals surface area contributed by atoms with E-state index >= 15 is 0 Å². The SMILES string of the molecule is CCn1c(-c2ccc(=O)n(CC(C)C)n2)n[nH]c1=S. The predicted molar refractivity (Wildman–Crippen MR) is 75.4 cm³/mol. The number of hydrogen-bond donors (Lipinski definition) is 1. The first-order valence-corrected chi connectivity index (χ1v) is 6.67. The fourth-order valence-corrected chi connectivity index (χ4v) is 2.11. The van der Waals surface area contributed by atoms with Crippen LogP contribution in [0.15, 0.2) is 16.9 Å². The van der Waals surface area contributed by atoms with Gasteiger partial charge in [0.05, 0.1) is 0 Å². The van der Waals surface area contributed by atoms with E-state index in [0.717, 1.165) is 0 Å². The summed E-state index contributed by atoms with van der Waals surface area (Å²) in [5.41, 5.74) is 0.545. The van der Waals surface area contributed by atoms with Crippen LogP contribution in [0.4, 0.5) is 0 Å². The molecular weight excluding hydrogens is 262 g/mol. The van der Waals surface area contributed by atoms with Gasteiger partial charge in [0.1, 0.15) is 5.69 Å². The van der Waals surface area contributed by atoms with Crippen LogP contribution in [0.25, 0.3) is 11.5 Å². The summed E-state index contributed by atoms with van der Waals surface area (Å²) in [7, 11) is 0. The topological polar surface area (TPSA) is 68.5 Å². The van der Waals surface area contributed by atoms with Crippen molar-refractivity contribution in [2.45, 2.75) is 33.9 Å². The van der Waals surface area contributed by atoms with Gasteiger partial charge in [0.25, 0.3) is 5.56 Å². The van der Waals surface area contributed by atoms with Gasteiger partial charge in [-0.1, -0.05) is 13.8 Å². The summed E-state index contributed by atoms with van der Waals surface area (Å²) < 4.78 is 3.88. The Morgan fingerprint density at radius 2 is 2.16 bits per heavy atom. The first-order valence-electron chi connectivity index (χ1n) is 6.26. The van der Waals surface area contributed by atoms with Gasteiger partial charge in [-0.3, -0.25) is 14.5 Å². The van der Waals surface area contributed by atoms with Gasteiger partial charge in [0, 0.05) is 19.2 Å². The standard InChI is InChI=1S/C12H17N5OS/c1-4-16-11(13-14-12(16)19)9-5-6-10(18)17(15-9)7-8(2)3/h5-6,8H,4,7H2,1-3H3,(H,14,19).